The van der Waals surface area contributed by atoms with Gasteiger partial charge >= 0.3 is 0 Å². The first-order valence-corrected chi connectivity index (χ1v) is 6.81. The summed E-state index contributed by atoms with van der Waals surface area (Å²) in [6, 6.07) is 11.1. The van der Waals surface area contributed by atoms with Crippen molar-refractivity contribution in [1.29, 1.82) is 0 Å². The number of hydrogen-bond acceptors (Lipinski definition) is 2. The Morgan fingerprint density at radius 1 is 1.10 bits per heavy atom. The van der Waals surface area contributed by atoms with Crippen LogP contribution in [0.1, 0.15) is 43.6 Å². The molecule has 1 aromatic carbocycles. The molecule has 1 unspecified atom stereocenters. The minimum Gasteiger partial charge on any atom is -0.308 e. The van der Waals surface area contributed by atoms with Crippen LogP contribution in [0.25, 0.3) is 0 Å². The predicted molar refractivity (Wildman–Crippen MR) is 80.2 cm³/mol. The van der Waals surface area contributed by atoms with E-state index in [1.165, 1.54) is 11.6 Å². The lowest BCUT2D eigenvalue weighted by Crippen LogP contribution is -2.20. The molecule has 0 bridgehead atoms. The van der Waals surface area contributed by atoms with Crippen LogP contribution in [0.5, 0.6) is 0 Å². The number of halogens is 1. The predicted octanol–water partition coefficient (Wildman–Crippen LogP) is 3.83. The third-order valence-corrected chi connectivity index (χ3v) is 3.46. The monoisotopic (exact) mass is 272 g/mol. The smallest absolute Gasteiger partial charge is 0.146 e. The first-order valence-electron chi connectivity index (χ1n) is 6.81. The van der Waals surface area contributed by atoms with Crippen molar-refractivity contribution in [2.24, 2.45) is 0 Å². The Labute approximate surface area is 120 Å². The van der Waals surface area contributed by atoms with Gasteiger partial charge in [-0.25, -0.2) is 4.39 Å². The van der Waals surface area contributed by atoms with Gasteiger partial charge in [0.25, 0.3) is 0 Å². The Hall–Kier alpha value is -1.74. The van der Waals surface area contributed by atoms with Gasteiger partial charge in [-0.15, -0.1) is 0 Å². The van der Waals surface area contributed by atoms with Gasteiger partial charge in [0.05, 0.1) is 11.7 Å². The molecule has 0 radical (unpaired) electrons. The van der Waals surface area contributed by atoms with E-state index in [0.717, 1.165) is 5.56 Å². The molecule has 1 aromatic heterocycles. The van der Waals surface area contributed by atoms with Crippen LogP contribution in [0.2, 0.25) is 0 Å². The second-order valence-corrected chi connectivity index (χ2v) is 5.96. The maximum atomic E-state index is 13.9. The number of nitrogens with zero attached hydrogens (tertiary/aromatic N) is 1. The largest absolute Gasteiger partial charge is 0.308 e. The summed E-state index contributed by atoms with van der Waals surface area (Å²) in [5, 5.41) is 3.13. The molecule has 3 heteroatoms. The fourth-order valence-electron chi connectivity index (χ4n) is 2.25. The molecule has 106 valence electrons. The number of hydrogen-bond donors (Lipinski definition) is 1. The Kier molecular flexibility index (Phi) is 4.19. The second-order valence-electron chi connectivity index (χ2n) is 5.96. The molecular weight excluding hydrogens is 251 g/mol. The van der Waals surface area contributed by atoms with E-state index in [-0.39, 0.29) is 17.3 Å². The van der Waals surface area contributed by atoms with Crippen LogP contribution in [0.15, 0.2) is 42.6 Å². The lowest BCUT2D eigenvalue weighted by molar-refractivity contribution is 0.558. The van der Waals surface area contributed by atoms with Crippen molar-refractivity contribution in [3.8, 4) is 0 Å². The van der Waals surface area contributed by atoms with Crippen LogP contribution in [-0.4, -0.2) is 12.0 Å². The minimum atomic E-state index is -0.285. The van der Waals surface area contributed by atoms with E-state index in [2.05, 4.69) is 43.2 Å². The molecule has 0 saturated heterocycles. The fourth-order valence-corrected chi connectivity index (χ4v) is 2.25. The van der Waals surface area contributed by atoms with Crippen molar-refractivity contribution in [3.05, 3.63) is 65.2 Å². The summed E-state index contributed by atoms with van der Waals surface area (Å²) in [5.74, 6) is -0.285. The van der Waals surface area contributed by atoms with Gasteiger partial charge in [0.1, 0.15) is 5.82 Å². The van der Waals surface area contributed by atoms with Crippen molar-refractivity contribution in [2.45, 2.75) is 32.2 Å². The number of aromatic nitrogens is 1. The molecule has 0 aliphatic rings. The van der Waals surface area contributed by atoms with Crippen LogP contribution < -0.4 is 5.32 Å². The molecule has 0 aliphatic carbocycles. The van der Waals surface area contributed by atoms with E-state index in [1.54, 1.807) is 12.3 Å². The van der Waals surface area contributed by atoms with Crippen molar-refractivity contribution >= 4 is 0 Å². The van der Waals surface area contributed by atoms with Gasteiger partial charge in [0.15, 0.2) is 0 Å². The molecule has 2 aromatic rings. The van der Waals surface area contributed by atoms with Crippen molar-refractivity contribution in [3.63, 3.8) is 0 Å². The highest BCUT2D eigenvalue weighted by Crippen LogP contribution is 2.26. The fraction of sp³-hybridized carbons (Fsp3) is 0.353. The zero-order chi connectivity index (χ0) is 14.8. The summed E-state index contributed by atoms with van der Waals surface area (Å²) in [6.07, 6.45) is 1.62. The Balaban J connectivity index is 2.36. The van der Waals surface area contributed by atoms with Crippen molar-refractivity contribution < 1.29 is 4.39 Å². The Morgan fingerprint density at radius 2 is 1.75 bits per heavy atom. The van der Waals surface area contributed by atoms with Crippen LogP contribution in [0, 0.1) is 5.82 Å². The Morgan fingerprint density at radius 3 is 2.25 bits per heavy atom. The highest BCUT2D eigenvalue weighted by atomic mass is 19.1. The molecule has 0 aliphatic heterocycles. The van der Waals surface area contributed by atoms with E-state index in [9.17, 15) is 4.39 Å². The minimum absolute atomic E-state index is 0.115. The number of rotatable bonds is 3. The van der Waals surface area contributed by atoms with E-state index < -0.39 is 0 Å². The maximum absolute atomic E-state index is 13.9. The first kappa shape index (κ1) is 14.7. The molecular formula is C17H21FN2. The van der Waals surface area contributed by atoms with Gasteiger partial charge in [-0.2, -0.15) is 0 Å². The highest BCUT2D eigenvalue weighted by Gasteiger charge is 2.19. The summed E-state index contributed by atoms with van der Waals surface area (Å²) in [5.41, 5.74) is 2.82. The average molecular weight is 272 g/mol. The lowest BCUT2D eigenvalue weighted by Gasteiger charge is -2.21. The van der Waals surface area contributed by atoms with Gasteiger partial charge in [-0.05, 0) is 35.7 Å². The van der Waals surface area contributed by atoms with Crippen LogP contribution in [-0.2, 0) is 5.41 Å². The molecule has 0 fully saturated rings. The normalized spacial score (nSPS) is 13.2. The van der Waals surface area contributed by atoms with E-state index in [4.69, 9.17) is 0 Å². The highest BCUT2D eigenvalue weighted by molar-refractivity contribution is 5.33. The SMILES string of the molecule is CNC(c1ccc(C(C)(C)C)cc1)c1ncccc1F. The zero-order valence-electron chi connectivity index (χ0n) is 12.4. The molecule has 2 nitrogen and oxygen atoms in total. The van der Waals surface area contributed by atoms with E-state index >= 15 is 0 Å². The maximum Gasteiger partial charge on any atom is 0.146 e. The van der Waals surface area contributed by atoms with Crippen molar-refractivity contribution in [2.75, 3.05) is 7.05 Å². The van der Waals surface area contributed by atoms with Gasteiger partial charge in [-0.1, -0.05) is 45.0 Å². The third-order valence-electron chi connectivity index (χ3n) is 3.46. The summed E-state index contributed by atoms with van der Waals surface area (Å²) < 4.78 is 13.9. The molecule has 20 heavy (non-hydrogen) atoms. The second kappa shape index (κ2) is 5.71. The van der Waals surface area contributed by atoms with E-state index in [1.807, 2.05) is 19.2 Å². The molecule has 0 saturated carbocycles. The summed E-state index contributed by atoms with van der Waals surface area (Å²) in [6.45, 7) is 6.53. The molecule has 2 rings (SSSR count). The molecule has 1 heterocycles. The zero-order valence-corrected chi connectivity index (χ0v) is 12.4. The molecule has 0 spiro atoms. The van der Waals surface area contributed by atoms with Gasteiger partial charge < -0.3 is 5.32 Å². The summed E-state index contributed by atoms with van der Waals surface area (Å²) >= 11 is 0. The molecule has 1 N–H and O–H groups in total. The van der Waals surface area contributed by atoms with Gasteiger partial charge in [0, 0.05) is 6.20 Å². The van der Waals surface area contributed by atoms with Crippen molar-refractivity contribution in [1.82, 2.24) is 10.3 Å². The Bertz CT molecular complexity index is 570. The number of benzene rings is 1. The van der Waals surface area contributed by atoms with Crippen LogP contribution >= 0.6 is 0 Å². The summed E-state index contributed by atoms with van der Waals surface area (Å²) in [4.78, 5) is 4.16. The first-order chi connectivity index (χ1) is 9.43. The topological polar surface area (TPSA) is 24.9 Å². The quantitative estimate of drug-likeness (QED) is 0.918. The number of nitrogens with one attached hydrogen (secondary N) is 1. The molecule has 1 atom stereocenters. The molecule has 0 amide bonds. The average Bonchev–Trinajstić information content (AvgIpc) is 2.41. The van der Waals surface area contributed by atoms with Gasteiger partial charge in [-0.3, -0.25) is 4.98 Å². The van der Waals surface area contributed by atoms with Gasteiger partial charge in [0.2, 0.25) is 0 Å². The van der Waals surface area contributed by atoms with Crippen LogP contribution in [0.4, 0.5) is 4.39 Å². The number of pyridine rings is 1. The standard InChI is InChI=1S/C17H21FN2/c1-17(2,3)13-9-7-12(8-10-13)15(19-4)16-14(18)6-5-11-20-16/h5-11,15,19H,1-4H3. The van der Waals surface area contributed by atoms with Crippen LogP contribution in [0.3, 0.4) is 0 Å². The van der Waals surface area contributed by atoms with E-state index in [0.29, 0.717) is 5.69 Å². The summed E-state index contributed by atoms with van der Waals surface area (Å²) in [7, 11) is 1.82. The lowest BCUT2D eigenvalue weighted by atomic mass is 9.86. The third kappa shape index (κ3) is 3.05.